The van der Waals surface area contributed by atoms with Crippen LogP contribution in [0, 0.1) is 5.82 Å². The van der Waals surface area contributed by atoms with Crippen LogP contribution in [-0.2, 0) is 5.60 Å². The molecule has 0 radical (unpaired) electrons. The highest BCUT2D eigenvalue weighted by atomic mass is 35.5. The molecule has 0 aliphatic rings. The fraction of sp³-hybridized carbons (Fsp3) is 0.130. The zero-order valence-corrected chi connectivity index (χ0v) is 18.0. The minimum Gasteiger partial charge on any atom is -0.384 e. The minimum atomic E-state index is -1.02. The summed E-state index contributed by atoms with van der Waals surface area (Å²) in [6.07, 6.45) is 3.61. The molecule has 0 aliphatic carbocycles. The molecule has 2 aromatic carbocycles. The van der Waals surface area contributed by atoms with Crippen LogP contribution >= 0.6 is 23.4 Å². The SMILES string of the molecule is CC(C)(O)c1ccc(-c2nn(-c3ccc(F)cc3)cc2Sc2ccc(Cl)cc2)cn1. The summed E-state index contributed by atoms with van der Waals surface area (Å²) < 4.78 is 15.1. The van der Waals surface area contributed by atoms with Gasteiger partial charge in [0.2, 0.25) is 0 Å². The van der Waals surface area contributed by atoms with Crippen molar-refractivity contribution in [3.8, 4) is 16.9 Å². The summed E-state index contributed by atoms with van der Waals surface area (Å²) in [6, 6.07) is 17.4. The quantitative estimate of drug-likeness (QED) is 0.408. The van der Waals surface area contributed by atoms with Gasteiger partial charge in [0.25, 0.3) is 0 Å². The molecule has 0 amide bonds. The first-order valence-corrected chi connectivity index (χ1v) is 10.5. The Morgan fingerprint density at radius 3 is 2.30 bits per heavy atom. The van der Waals surface area contributed by atoms with Crippen molar-refractivity contribution in [2.75, 3.05) is 0 Å². The predicted molar refractivity (Wildman–Crippen MR) is 118 cm³/mol. The van der Waals surface area contributed by atoms with Crippen LogP contribution in [0.25, 0.3) is 16.9 Å². The van der Waals surface area contributed by atoms with Gasteiger partial charge in [-0.05, 0) is 74.5 Å². The molecular weight excluding hydrogens is 421 g/mol. The molecule has 0 aliphatic heterocycles. The molecule has 0 unspecified atom stereocenters. The van der Waals surface area contributed by atoms with Crippen molar-refractivity contribution >= 4 is 23.4 Å². The highest BCUT2D eigenvalue weighted by Gasteiger charge is 2.19. The number of pyridine rings is 1. The zero-order chi connectivity index (χ0) is 21.3. The van der Waals surface area contributed by atoms with Crippen LogP contribution in [-0.4, -0.2) is 19.9 Å². The van der Waals surface area contributed by atoms with Gasteiger partial charge in [0.1, 0.15) is 17.1 Å². The Bertz CT molecular complexity index is 1150. The number of aliphatic hydroxyl groups is 1. The average Bonchev–Trinajstić information content (AvgIpc) is 3.13. The summed E-state index contributed by atoms with van der Waals surface area (Å²) in [5.74, 6) is -0.298. The average molecular weight is 440 g/mol. The Hall–Kier alpha value is -2.67. The van der Waals surface area contributed by atoms with Crippen molar-refractivity contribution in [1.82, 2.24) is 14.8 Å². The number of benzene rings is 2. The van der Waals surface area contributed by atoms with E-state index < -0.39 is 5.60 Å². The van der Waals surface area contributed by atoms with Gasteiger partial charge in [-0.15, -0.1) is 0 Å². The van der Waals surface area contributed by atoms with Crippen molar-refractivity contribution in [2.24, 2.45) is 0 Å². The Labute approximate surface area is 183 Å². The van der Waals surface area contributed by atoms with Crippen LogP contribution < -0.4 is 0 Å². The fourth-order valence-electron chi connectivity index (χ4n) is 2.88. The molecule has 4 rings (SSSR count). The first-order chi connectivity index (χ1) is 14.3. The molecule has 2 heterocycles. The summed E-state index contributed by atoms with van der Waals surface area (Å²) in [4.78, 5) is 6.33. The maximum atomic E-state index is 13.3. The van der Waals surface area contributed by atoms with Crippen LogP contribution in [0.2, 0.25) is 5.02 Å². The lowest BCUT2D eigenvalue weighted by Crippen LogP contribution is -2.17. The van der Waals surface area contributed by atoms with E-state index in [4.69, 9.17) is 16.7 Å². The van der Waals surface area contributed by atoms with Gasteiger partial charge in [-0.1, -0.05) is 23.4 Å². The number of halogens is 2. The lowest BCUT2D eigenvalue weighted by atomic mass is 10.0. The monoisotopic (exact) mass is 439 g/mol. The normalized spacial score (nSPS) is 11.6. The van der Waals surface area contributed by atoms with E-state index in [0.717, 1.165) is 26.7 Å². The lowest BCUT2D eigenvalue weighted by molar-refractivity contribution is 0.0739. The number of hydrogen-bond donors (Lipinski definition) is 1. The lowest BCUT2D eigenvalue weighted by Gasteiger charge is -2.16. The van der Waals surface area contributed by atoms with Crippen LogP contribution in [0.5, 0.6) is 0 Å². The number of hydrogen-bond acceptors (Lipinski definition) is 4. The van der Waals surface area contributed by atoms with Gasteiger partial charge in [-0.3, -0.25) is 4.98 Å². The standard InChI is InChI=1S/C23H19ClFN3OS/c1-23(2,29)21-12-3-15(13-26-21)22-20(30-19-10-4-16(24)5-11-19)14-28(27-22)18-8-6-17(25)7-9-18/h3-14,29H,1-2H3. The van der Waals surface area contributed by atoms with Crippen molar-refractivity contribution in [3.63, 3.8) is 0 Å². The molecule has 4 nitrogen and oxygen atoms in total. The molecule has 0 bridgehead atoms. The molecule has 7 heteroatoms. The molecule has 0 saturated heterocycles. The molecule has 0 atom stereocenters. The number of rotatable bonds is 5. The molecule has 1 N–H and O–H groups in total. The molecule has 4 aromatic rings. The summed E-state index contributed by atoms with van der Waals surface area (Å²) in [7, 11) is 0. The van der Waals surface area contributed by atoms with Gasteiger partial charge in [0, 0.05) is 27.9 Å². The maximum absolute atomic E-state index is 13.3. The number of nitrogens with zero attached hydrogens (tertiary/aromatic N) is 3. The van der Waals surface area contributed by atoms with Crippen LogP contribution in [0.1, 0.15) is 19.5 Å². The predicted octanol–water partition coefficient (Wildman–Crippen LogP) is 6.11. The van der Waals surface area contributed by atoms with Crippen LogP contribution in [0.3, 0.4) is 0 Å². The highest BCUT2D eigenvalue weighted by Crippen LogP contribution is 2.36. The smallest absolute Gasteiger partial charge is 0.123 e. The molecule has 30 heavy (non-hydrogen) atoms. The van der Waals surface area contributed by atoms with Gasteiger partial charge >= 0.3 is 0 Å². The highest BCUT2D eigenvalue weighted by molar-refractivity contribution is 7.99. The first-order valence-electron chi connectivity index (χ1n) is 9.28. The van der Waals surface area contributed by atoms with E-state index >= 15 is 0 Å². The molecule has 0 spiro atoms. The van der Waals surface area contributed by atoms with Gasteiger partial charge in [-0.2, -0.15) is 5.10 Å². The van der Waals surface area contributed by atoms with Gasteiger partial charge in [-0.25, -0.2) is 9.07 Å². The van der Waals surface area contributed by atoms with E-state index in [9.17, 15) is 9.50 Å². The second kappa shape index (κ2) is 8.22. The van der Waals surface area contributed by atoms with Gasteiger partial charge < -0.3 is 5.11 Å². The Kier molecular flexibility index (Phi) is 5.64. The van der Waals surface area contributed by atoms with E-state index in [2.05, 4.69) is 4.98 Å². The fourth-order valence-corrected chi connectivity index (χ4v) is 3.94. The van der Waals surface area contributed by atoms with Crippen molar-refractivity contribution < 1.29 is 9.50 Å². The van der Waals surface area contributed by atoms with E-state index in [1.165, 1.54) is 12.1 Å². The summed E-state index contributed by atoms with van der Waals surface area (Å²) in [5, 5.41) is 15.6. The second-order valence-corrected chi connectivity index (χ2v) is 8.86. The summed E-state index contributed by atoms with van der Waals surface area (Å²) >= 11 is 7.56. The first kappa shape index (κ1) is 20.6. The van der Waals surface area contributed by atoms with E-state index in [1.54, 1.807) is 54.7 Å². The maximum Gasteiger partial charge on any atom is 0.123 e. The molecular formula is C23H19ClFN3OS. The molecule has 152 valence electrons. The molecule has 2 aromatic heterocycles. The summed E-state index contributed by atoms with van der Waals surface area (Å²) in [6.45, 7) is 3.39. The largest absolute Gasteiger partial charge is 0.384 e. The van der Waals surface area contributed by atoms with Gasteiger partial charge in [0.15, 0.2) is 0 Å². The second-order valence-electron chi connectivity index (χ2n) is 7.31. The van der Waals surface area contributed by atoms with Crippen molar-refractivity contribution in [3.05, 3.63) is 89.6 Å². The third-order valence-electron chi connectivity index (χ3n) is 4.48. The van der Waals surface area contributed by atoms with Gasteiger partial charge in [0.05, 0.1) is 16.3 Å². The minimum absolute atomic E-state index is 0.298. The van der Waals surface area contributed by atoms with Crippen molar-refractivity contribution in [2.45, 2.75) is 29.2 Å². The third kappa shape index (κ3) is 4.56. The van der Waals surface area contributed by atoms with Crippen molar-refractivity contribution in [1.29, 1.82) is 0 Å². The molecule has 0 fully saturated rings. The Morgan fingerprint density at radius 2 is 1.70 bits per heavy atom. The third-order valence-corrected chi connectivity index (χ3v) is 5.76. The van der Waals surface area contributed by atoms with E-state index in [1.807, 2.05) is 36.5 Å². The Morgan fingerprint density at radius 1 is 1.00 bits per heavy atom. The summed E-state index contributed by atoms with van der Waals surface area (Å²) in [5.41, 5.74) is 1.87. The van der Waals surface area contributed by atoms with E-state index in [-0.39, 0.29) is 5.82 Å². The zero-order valence-electron chi connectivity index (χ0n) is 16.4. The topological polar surface area (TPSA) is 50.9 Å². The van der Waals surface area contributed by atoms with Crippen LogP contribution in [0.4, 0.5) is 4.39 Å². The van der Waals surface area contributed by atoms with E-state index in [0.29, 0.717) is 10.7 Å². The van der Waals surface area contributed by atoms with Crippen LogP contribution in [0.15, 0.2) is 82.8 Å². The number of aromatic nitrogens is 3. The Balaban J connectivity index is 1.76. The molecule has 0 saturated carbocycles.